The lowest BCUT2D eigenvalue weighted by Gasteiger charge is -2.36. The lowest BCUT2D eigenvalue weighted by molar-refractivity contribution is -0.144. The molecule has 10 nitrogen and oxygen atoms in total. The Morgan fingerprint density at radius 2 is 1.79 bits per heavy atom. The third-order valence-electron chi connectivity index (χ3n) is 7.11. The average molecular weight is 544 g/mol. The van der Waals surface area contributed by atoms with E-state index < -0.39 is 35.1 Å². The molecule has 1 aliphatic carbocycles. The number of ether oxygens (including phenoxy) is 1. The number of carbonyl (C=O) groups excluding carboxylic acids is 4. The number of nitrogens with zero attached hydrogens (tertiary/aromatic N) is 2. The smallest absolute Gasteiger partial charge is 0.410 e. The summed E-state index contributed by atoms with van der Waals surface area (Å²) >= 11 is 0. The van der Waals surface area contributed by atoms with E-state index in [1.54, 1.807) is 20.8 Å². The normalized spacial score (nSPS) is 21.9. The van der Waals surface area contributed by atoms with Gasteiger partial charge in [0, 0.05) is 19.6 Å². The highest BCUT2D eigenvalue weighted by Gasteiger charge is 2.44. The van der Waals surface area contributed by atoms with Crippen LogP contribution in [0.25, 0.3) is 0 Å². The molecule has 4 N–H and O–H groups in total. The highest BCUT2D eigenvalue weighted by molar-refractivity contribution is 5.94. The van der Waals surface area contributed by atoms with Crippen molar-refractivity contribution in [2.24, 2.45) is 11.1 Å². The van der Waals surface area contributed by atoms with E-state index in [1.165, 1.54) is 17.5 Å². The molecule has 0 saturated carbocycles. The van der Waals surface area contributed by atoms with Gasteiger partial charge in [0.2, 0.25) is 17.7 Å². The molecule has 0 aromatic heterocycles. The molecule has 1 heterocycles. The van der Waals surface area contributed by atoms with Crippen molar-refractivity contribution < 1.29 is 23.9 Å². The van der Waals surface area contributed by atoms with E-state index in [-0.39, 0.29) is 37.0 Å². The molecule has 4 atom stereocenters. The van der Waals surface area contributed by atoms with Crippen molar-refractivity contribution in [2.45, 2.75) is 97.0 Å². The third-order valence-corrected chi connectivity index (χ3v) is 7.11. The van der Waals surface area contributed by atoms with Gasteiger partial charge in [-0.05, 0) is 63.0 Å². The quantitative estimate of drug-likeness (QED) is 0.505. The second-order valence-electron chi connectivity index (χ2n) is 12.9. The van der Waals surface area contributed by atoms with Crippen molar-refractivity contribution in [1.82, 2.24) is 20.4 Å². The van der Waals surface area contributed by atoms with Crippen LogP contribution < -0.4 is 16.4 Å². The largest absolute Gasteiger partial charge is 0.444 e. The Morgan fingerprint density at radius 1 is 1.13 bits per heavy atom. The van der Waals surface area contributed by atoms with E-state index in [9.17, 15) is 19.2 Å². The van der Waals surface area contributed by atoms with Gasteiger partial charge in [0.25, 0.3) is 0 Å². The van der Waals surface area contributed by atoms with E-state index >= 15 is 0 Å². The lowest BCUT2D eigenvalue weighted by Crippen LogP contribution is -2.59. The van der Waals surface area contributed by atoms with Crippen LogP contribution >= 0.6 is 0 Å². The summed E-state index contributed by atoms with van der Waals surface area (Å²) in [6.07, 6.45) is 2.50. The average Bonchev–Trinajstić information content (AvgIpc) is 3.22. The number of aryl methyl sites for hydroxylation is 1. The molecule has 4 amide bonds. The van der Waals surface area contributed by atoms with Gasteiger partial charge in [-0.2, -0.15) is 0 Å². The molecule has 1 saturated heterocycles. The summed E-state index contributed by atoms with van der Waals surface area (Å²) in [4.78, 5) is 55.3. The van der Waals surface area contributed by atoms with Crippen LogP contribution in [0.15, 0.2) is 24.3 Å². The fraction of sp³-hybridized carbons (Fsp3) is 0.655. The first kappa shape index (κ1) is 30.4. The molecule has 1 aliphatic heterocycles. The zero-order valence-electron chi connectivity index (χ0n) is 24.4. The van der Waals surface area contributed by atoms with Crippen LogP contribution in [0.2, 0.25) is 0 Å². The van der Waals surface area contributed by atoms with Crippen LogP contribution in [0.3, 0.4) is 0 Å². The molecule has 10 heteroatoms. The van der Waals surface area contributed by atoms with Crippen molar-refractivity contribution >= 4 is 23.8 Å². The number of nitrogens with one attached hydrogen (secondary N) is 2. The number of hydrogen-bond donors (Lipinski definition) is 3. The van der Waals surface area contributed by atoms with E-state index in [2.05, 4.69) is 16.7 Å². The maximum atomic E-state index is 13.9. The fourth-order valence-electron chi connectivity index (χ4n) is 5.17. The standard InChI is InChI=1S/C29H45N5O5/c1-28(2,3)24(32-23(35)17-33(7)27(38)39-29(4,5)6)26(37)34-16-19(30)15-22(34)25(36)31-21-14-10-12-18-11-8-9-13-20(18)21/h8-9,11,13,19,21-22,24H,10,12,14-17,30H2,1-7H3,(H,31,36)(H,32,35)/t19-,21?,22?,24?/m0/s1. The summed E-state index contributed by atoms with van der Waals surface area (Å²) in [6.45, 7) is 10.7. The van der Waals surface area contributed by atoms with Crippen LogP contribution in [0.5, 0.6) is 0 Å². The molecule has 3 unspecified atom stereocenters. The van der Waals surface area contributed by atoms with E-state index in [1.807, 2.05) is 39.0 Å². The molecule has 1 fully saturated rings. The van der Waals surface area contributed by atoms with Gasteiger partial charge in [-0.15, -0.1) is 0 Å². The molecule has 0 spiro atoms. The molecular formula is C29H45N5O5. The van der Waals surface area contributed by atoms with Gasteiger partial charge in [0.15, 0.2) is 0 Å². The number of fused-ring (bicyclic) bond motifs is 1. The van der Waals surface area contributed by atoms with Crippen molar-refractivity contribution in [3.8, 4) is 0 Å². The summed E-state index contributed by atoms with van der Waals surface area (Å²) < 4.78 is 5.31. The second-order valence-corrected chi connectivity index (χ2v) is 12.9. The molecule has 216 valence electrons. The molecular weight excluding hydrogens is 498 g/mol. The first-order valence-corrected chi connectivity index (χ1v) is 13.7. The monoisotopic (exact) mass is 543 g/mol. The highest BCUT2D eigenvalue weighted by Crippen LogP contribution is 2.31. The number of hydrogen-bond acceptors (Lipinski definition) is 6. The summed E-state index contributed by atoms with van der Waals surface area (Å²) in [7, 11) is 1.46. The maximum absolute atomic E-state index is 13.9. The van der Waals surface area contributed by atoms with Gasteiger partial charge < -0.3 is 30.9 Å². The first-order chi connectivity index (χ1) is 18.1. The van der Waals surface area contributed by atoms with Crippen LogP contribution in [0.4, 0.5) is 4.79 Å². The van der Waals surface area contributed by atoms with Gasteiger partial charge in [0.05, 0.1) is 6.04 Å². The fourth-order valence-corrected chi connectivity index (χ4v) is 5.17. The summed E-state index contributed by atoms with van der Waals surface area (Å²) in [5.41, 5.74) is 7.23. The zero-order valence-corrected chi connectivity index (χ0v) is 24.4. The van der Waals surface area contributed by atoms with Crippen molar-refractivity contribution in [3.05, 3.63) is 35.4 Å². The van der Waals surface area contributed by atoms with Gasteiger partial charge in [-0.1, -0.05) is 45.0 Å². The number of nitrogens with two attached hydrogens (primary N) is 1. The lowest BCUT2D eigenvalue weighted by atomic mass is 9.85. The van der Waals surface area contributed by atoms with Crippen LogP contribution in [0, 0.1) is 5.41 Å². The van der Waals surface area contributed by atoms with Crippen LogP contribution in [-0.4, -0.2) is 77.5 Å². The van der Waals surface area contributed by atoms with Crippen LogP contribution in [0.1, 0.15) is 78.0 Å². The molecule has 39 heavy (non-hydrogen) atoms. The maximum Gasteiger partial charge on any atom is 0.410 e. The van der Waals surface area contributed by atoms with Gasteiger partial charge in [-0.3, -0.25) is 14.4 Å². The molecule has 1 aromatic carbocycles. The van der Waals surface area contributed by atoms with Crippen molar-refractivity contribution in [2.75, 3.05) is 20.1 Å². The van der Waals surface area contributed by atoms with Gasteiger partial charge >= 0.3 is 6.09 Å². The van der Waals surface area contributed by atoms with Crippen molar-refractivity contribution in [1.29, 1.82) is 0 Å². The topological polar surface area (TPSA) is 134 Å². The third kappa shape index (κ3) is 7.94. The Balaban J connectivity index is 1.71. The Bertz CT molecular complexity index is 1080. The second kappa shape index (κ2) is 11.9. The van der Waals surface area contributed by atoms with E-state index in [0.29, 0.717) is 6.42 Å². The Morgan fingerprint density at radius 3 is 2.44 bits per heavy atom. The summed E-state index contributed by atoms with van der Waals surface area (Å²) in [6, 6.07) is 6.00. The van der Waals surface area contributed by atoms with Crippen LogP contribution in [-0.2, 0) is 25.5 Å². The minimum atomic E-state index is -0.923. The van der Waals surface area contributed by atoms with Gasteiger partial charge in [0.1, 0.15) is 24.2 Å². The number of rotatable bonds is 6. The first-order valence-electron chi connectivity index (χ1n) is 13.7. The van der Waals surface area contributed by atoms with E-state index in [4.69, 9.17) is 10.5 Å². The predicted octanol–water partition coefficient (Wildman–Crippen LogP) is 2.51. The Kier molecular flexibility index (Phi) is 9.31. The number of benzene rings is 1. The number of carbonyl (C=O) groups is 4. The molecule has 3 rings (SSSR count). The number of amides is 4. The summed E-state index contributed by atoms with van der Waals surface area (Å²) in [5.74, 6) is -1.10. The Hall–Kier alpha value is -3.14. The minimum Gasteiger partial charge on any atom is -0.444 e. The van der Waals surface area contributed by atoms with E-state index in [0.717, 1.165) is 29.7 Å². The molecule has 2 aliphatic rings. The SMILES string of the molecule is CN(CC(=O)NC(C(=O)N1C[C@@H](N)CC1C(=O)NC1CCCc2ccccc21)C(C)(C)C)C(=O)OC(C)(C)C. The predicted molar refractivity (Wildman–Crippen MR) is 149 cm³/mol. The van der Waals surface area contributed by atoms with Crippen molar-refractivity contribution in [3.63, 3.8) is 0 Å². The zero-order chi connectivity index (χ0) is 29.1. The molecule has 1 aromatic rings. The summed E-state index contributed by atoms with van der Waals surface area (Å²) in [5, 5.41) is 5.96. The molecule has 0 bridgehead atoms. The molecule has 0 radical (unpaired) electrons. The Labute approximate surface area is 232 Å². The highest BCUT2D eigenvalue weighted by atomic mass is 16.6. The minimum absolute atomic E-state index is 0.113. The van der Waals surface area contributed by atoms with Gasteiger partial charge in [-0.25, -0.2) is 4.79 Å². The number of likely N-dealkylation sites (N-methyl/N-ethyl adjacent to an activating group) is 1. The number of likely N-dealkylation sites (tertiary alicyclic amines) is 1.